The van der Waals surface area contributed by atoms with E-state index in [1.165, 1.54) is 17.7 Å². The number of ether oxygens (including phenoxy) is 1. The van der Waals surface area contributed by atoms with Crippen LogP contribution in [0.1, 0.15) is 37.9 Å². The van der Waals surface area contributed by atoms with Gasteiger partial charge in [0.2, 0.25) is 0 Å². The van der Waals surface area contributed by atoms with Crippen LogP contribution in [0.15, 0.2) is 48.5 Å². The molecule has 21 heavy (non-hydrogen) atoms. The zero-order valence-electron chi connectivity index (χ0n) is 12.8. The Kier molecular flexibility index (Phi) is 5.34. The second-order valence-electron chi connectivity index (χ2n) is 5.47. The zero-order chi connectivity index (χ0) is 15.2. The number of nitrogens with one attached hydrogen (secondary N) is 1. The molecule has 0 bridgehead atoms. The molecule has 0 aliphatic rings. The van der Waals surface area contributed by atoms with Crippen molar-refractivity contribution in [1.29, 1.82) is 0 Å². The molecule has 3 heteroatoms. The van der Waals surface area contributed by atoms with Crippen molar-refractivity contribution in [2.75, 3.05) is 0 Å². The summed E-state index contributed by atoms with van der Waals surface area (Å²) in [4.78, 5) is 0. The van der Waals surface area contributed by atoms with E-state index in [4.69, 9.17) is 4.74 Å². The highest BCUT2D eigenvalue weighted by Crippen LogP contribution is 2.17. The van der Waals surface area contributed by atoms with Crippen molar-refractivity contribution in [2.45, 2.75) is 39.5 Å². The first-order valence-corrected chi connectivity index (χ1v) is 7.29. The van der Waals surface area contributed by atoms with E-state index in [9.17, 15) is 4.39 Å². The Morgan fingerprint density at radius 3 is 2.43 bits per heavy atom. The smallest absolute Gasteiger partial charge is 0.123 e. The highest BCUT2D eigenvalue weighted by molar-refractivity contribution is 5.29. The Morgan fingerprint density at radius 2 is 1.76 bits per heavy atom. The summed E-state index contributed by atoms with van der Waals surface area (Å²) in [6, 6.07) is 14.8. The Labute approximate surface area is 126 Å². The average molecular weight is 287 g/mol. The zero-order valence-corrected chi connectivity index (χ0v) is 12.8. The van der Waals surface area contributed by atoms with Gasteiger partial charge in [-0.2, -0.15) is 0 Å². The number of hydrogen-bond acceptors (Lipinski definition) is 2. The van der Waals surface area contributed by atoms with Crippen LogP contribution in [0.5, 0.6) is 5.75 Å². The molecule has 2 nitrogen and oxygen atoms in total. The van der Waals surface area contributed by atoms with Crippen LogP contribution in [0, 0.1) is 5.82 Å². The van der Waals surface area contributed by atoms with E-state index >= 15 is 0 Å². The van der Waals surface area contributed by atoms with Crippen LogP contribution in [0.25, 0.3) is 0 Å². The fourth-order valence-corrected chi connectivity index (χ4v) is 2.14. The topological polar surface area (TPSA) is 21.3 Å². The Bertz CT molecular complexity index is 566. The lowest BCUT2D eigenvalue weighted by atomic mass is 10.1. The highest BCUT2D eigenvalue weighted by Gasteiger charge is 2.06. The largest absolute Gasteiger partial charge is 0.491 e. The van der Waals surface area contributed by atoms with Gasteiger partial charge in [0, 0.05) is 12.6 Å². The molecule has 2 rings (SSSR count). The summed E-state index contributed by atoms with van der Waals surface area (Å²) in [6.45, 7) is 6.85. The minimum absolute atomic E-state index is 0.167. The van der Waals surface area contributed by atoms with Crippen LogP contribution in [0.3, 0.4) is 0 Å². The van der Waals surface area contributed by atoms with Crippen LogP contribution in [0.2, 0.25) is 0 Å². The standard InChI is InChI=1S/C18H22FNO/c1-13(2)21-18-6-4-5-15(11-18)12-20-14(3)16-7-9-17(19)10-8-16/h4-11,13-14,20H,12H2,1-3H3. The maximum atomic E-state index is 12.9. The summed E-state index contributed by atoms with van der Waals surface area (Å²) >= 11 is 0. The third-order valence-corrected chi connectivity index (χ3v) is 3.25. The molecule has 112 valence electrons. The van der Waals surface area contributed by atoms with Crippen LogP contribution in [0.4, 0.5) is 4.39 Å². The van der Waals surface area contributed by atoms with Crippen LogP contribution in [-0.4, -0.2) is 6.10 Å². The molecule has 0 spiro atoms. The summed E-state index contributed by atoms with van der Waals surface area (Å²) in [7, 11) is 0. The molecular formula is C18H22FNO. The van der Waals surface area contributed by atoms with Gasteiger partial charge in [-0.3, -0.25) is 0 Å². The van der Waals surface area contributed by atoms with E-state index < -0.39 is 0 Å². The van der Waals surface area contributed by atoms with E-state index in [0.29, 0.717) is 0 Å². The lowest BCUT2D eigenvalue weighted by Crippen LogP contribution is -2.18. The first-order valence-electron chi connectivity index (χ1n) is 7.29. The van der Waals surface area contributed by atoms with Crippen molar-refractivity contribution in [1.82, 2.24) is 5.32 Å². The number of halogens is 1. The van der Waals surface area contributed by atoms with Gasteiger partial charge in [-0.25, -0.2) is 4.39 Å². The third kappa shape index (κ3) is 4.87. The average Bonchev–Trinajstić information content (AvgIpc) is 2.45. The minimum Gasteiger partial charge on any atom is -0.491 e. The van der Waals surface area contributed by atoms with Gasteiger partial charge in [-0.15, -0.1) is 0 Å². The molecule has 0 aliphatic carbocycles. The van der Waals surface area contributed by atoms with E-state index in [1.807, 2.05) is 44.2 Å². The molecule has 2 aromatic carbocycles. The van der Waals surface area contributed by atoms with Gasteiger partial charge in [0.1, 0.15) is 11.6 Å². The second kappa shape index (κ2) is 7.23. The second-order valence-corrected chi connectivity index (χ2v) is 5.47. The van der Waals surface area contributed by atoms with Crippen LogP contribution < -0.4 is 10.1 Å². The molecule has 0 fully saturated rings. The van der Waals surface area contributed by atoms with Gasteiger partial charge >= 0.3 is 0 Å². The molecule has 0 amide bonds. The lowest BCUT2D eigenvalue weighted by molar-refractivity contribution is 0.242. The Balaban J connectivity index is 1.94. The highest BCUT2D eigenvalue weighted by atomic mass is 19.1. The summed E-state index contributed by atoms with van der Waals surface area (Å²) in [5, 5.41) is 3.44. The van der Waals surface area contributed by atoms with Crippen molar-refractivity contribution in [3.8, 4) is 5.75 Å². The van der Waals surface area contributed by atoms with Gasteiger partial charge in [-0.1, -0.05) is 24.3 Å². The number of benzene rings is 2. The maximum absolute atomic E-state index is 12.9. The molecule has 0 saturated heterocycles. The molecular weight excluding hydrogens is 265 g/mol. The van der Waals surface area contributed by atoms with Crippen LogP contribution in [-0.2, 0) is 6.54 Å². The first-order chi connectivity index (χ1) is 10.0. The van der Waals surface area contributed by atoms with Crippen LogP contribution >= 0.6 is 0 Å². The van der Waals surface area contributed by atoms with Gasteiger partial charge in [-0.05, 0) is 56.2 Å². The fraction of sp³-hybridized carbons (Fsp3) is 0.333. The summed E-state index contributed by atoms with van der Waals surface area (Å²) in [5.74, 6) is 0.684. The maximum Gasteiger partial charge on any atom is 0.123 e. The molecule has 1 atom stereocenters. The molecule has 1 unspecified atom stereocenters. The summed E-state index contributed by atoms with van der Waals surface area (Å²) in [5.41, 5.74) is 2.24. The van der Waals surface area contributed by atoms with E-state index in [0.717, 1.165) is 17.9 Å². The Hall–Kier alpha value is -1.87. The van der Waals surface area contributed by atoms with E-state index in [1.54, 1.807) is 0 Å². The number of hydrogen-bond donors (Lipinski definition) is 1. The Morgan fingerprint density at radius 1 is 1.05 bits per heavy atom. The van der Waals surface area contributed by atoms with Crippen molar-refractivity contribution in [2.24, 2.45) is 0 Å². The first kappa shape index (κ1) is 15.5. The molecule has 0 aliphatic heterocycles. The van der Waals surface area contributed by atoms with Crippen molar-refractivity contribution >= 4 is 0 Å². The van der Waals surface area contributed by atoms with Gasteiger partial charge in [0.05, 0.1) is 6.10 Å². The van der Waals surface area contributed by atoms with Gasteiger partial charge in [0.15, 0.2) is 0 Å². The van der Waals surface area contributed by atoms with Crippen molar-refractivity contribution in [3.63, 3.8) is 0 Å². The molecule has 2 aromatic rings. The van der Waals surface area contributed by atoms with Crippen molar-refractivity contribution < 1.29 is 9.13 Å². The number of rotatable bonds is 6. The quantitative estimate of drug-likeness (QED) is 0.846. The van der Waals surface area contributed by atoms with Crippen molar-refractivity contribution in [3.05, 3.63) is 65.5 Å². The molecule has 1 N–H and O–H groups in total. The lowest BCUT2D eigenvalue weighted by Gasteiger charge is -2.15. The fourth-order valence-electron chi connectivity index (χ4n) is 2.14. The summed E-state index contributed by atoms with van der Waals surface area (Å²) < 4.78 is 18.6. The molecule has 0 saturated carbocycles. The van der Waals surface area contributed by atoms with Gasteiger partial charge in [0.25, 0.3) is 0 Å². The third-order valence-electron chi connectivity index (χ3n) is 3.25. The van der Waals surface area contributed by atoms with E-state index in [-0.39, 0.29) is 18.0 Å². The molecule has 0 aromatic heterocycles. The predicted octanol–water partition coefficient (Wildman–Crippen LogP) is 4.46. The predicted molar refractivity (Wildman–Crippen MR) is 83.9 cm³/mol. The SMILES string of the molecule is CC(C)Oc1cccc(CNC(C)c2ccc(F)cc2)c1. The van der Waals surface area contributed by atoms with E-state index in [2.05, 4.69) is 18.3 Å². The summed E-state index contributed by atoms with van der Waals surface area (Å²) in [6.07, 6.45) is 0.173. The van der Waals surface area contributed by atoms with Gasteiger partial charge < -0.3 is 10.1 Å². The molecule has 0 radical (unpaired) electrons. The normalized spacial score (nSPS) is 12.4. The monoisotopic (exact) mass is 287 g/mol. The molecule has 0 heterocycles. The minimum atomic E-state index is -0.204.